The highest BCUT2D eigenvalue weighted by Crippen LogP contribution is 2.20. The molecule has 0 saturated carbocycles. The number of nitrogens with one attached hydrogen (secondary N) is 1. The quantitative estimate of drug-likeness (QED) is 0.875. The van der Waals surface area contributed by atoms with E-state index in [1.807, 2.05) is 7.05 Å². The van der Waals surface area contributed by atoms with Gasteiger partial charge in [0.05, 0.1) is 5.92 Å². The van der Waals surface area contributed by atoms with Gasteiger partial charge in [-0.2, -0.15) is 0 Å². The summed E-state index contributed by atoms with van der Waals surface area (Å²) >= 11 is 0. The first-order chi connectivity index (χ1) is 7.58. The first-order valence-corrected chi connectivity index (χ1v) is 5.64. The van der Waals surface area contributed by atoms with Crippen LogP contribution in [0, 0.1) is 19.8 Å². The molecule has 1 N–H and O–H groups in total. The summed E-state index contributed by atoms with van der Waals surface area (Å²) in [5.74, 6) is 0.370. The average molecular weight is 255 g/mol. The maximum atomic E-state index is 12.0. The molecule has 0 aromatic heterocycles. The van der Waals surface area contributed by atoms with Crippen LogP contribution < -0.4 is 10.2 Å². The first kappa shape index (κ1) is 14.0. The highest BCUT2D eigenvalue weighted by Gasteiger charge is 2.28. The van der Waals surface area contributed by atoms with Crippen LogP contribution in [0.5, 0.6) is 0 Å². The van der Waals surface area contributed by atoms with Crippen LogP contribution >= 0.6 is 12.4 Å². The zero-order valence-corrected chi connectivity index (χ0v) is 11.3. The minimum Gasteiger partial charge on any atom is -0.315 e. The fraction of sp³-hybridized carbons (Fsp3) is 0.462. The number of nitrogens with zero attached hydrogens (tertiary/aromatic N) is 1. The number of aryl methyl sites for hydroxylation is 2. The summed E-state index contributed by atoms with van der Waals surface area (Å²) in [5, 5.41) is 3.12. The largest absolute Gasteiger partial charge is 0.315 e. The second-order valence-electron chi connectivity index (χ2n) is 4.60. The Balaban J connectivity index is 0.00000144. The minimum atomic E-state index is 0. The summed E-state index contributed by atoms with van der Waals surface area (Å²) < 4.78 is 0. The third-order valence-electron chi connectivity index (χ3n) is 3.06. The molecule has 4 heteroatoms. The molecular formula is C13H19ClN2O. The molecule has 0 aliphatic carbocycles. The third-order valence-corrected chi connectivity index (χ3v) is 3.06. The number of hydrogen-bond acceptors (Lipinski definition) is 2. The van der Waals surface area contributed by atoms with Crippen molar-refractivity contribution in [3.63, 3.8) is 0 Å². The summed E-state index contributed by atoms with van der Waals surface area (Å²) in [5.41, 5.74) is 3.39. The third kappa shape index (κ3) is 2.99. The Labute approximate surface area is 109 Å². The lowest BCUT2D eigenvalue weighted by molar-refractivity contribution is -0.123. The van der Waals surface area contributed by atoms with Gasteiger partial charge in [0.25, 0.3) is 0 Å². The number of anilines is 1. The van der Waals surface area contributed by atoms with Crippen LogP contribution in [-0.2, 0) is 4.79 Å². The molecular weight excluding hydrogens is 236 g/mol. The molecule has 0 unspecified atom stereocenters. The van der Waals surface area contributed by atoms with E-state index in [1.165, 1.54) is 11.1 Å². The SMILES string of the molecule is Cc1cc(C)cc(N(C)C(=O)C2CNC2)c1.Cl. The van der Waals surface area contributed by atoms with Crippen LogP contribution in [0.25, 0.3) is 0 Å². The van der Waals surface area contributed by atoms with E-state index in [0.717, 1.165) is 18.8 Å². The summed E-state index contributed by atoms with van der Waals surface area (Å²) in [7, 11) is 1.86. The van der Waals surface area contributed by atoms with Crippen molar-refractivity contribution in [3.8, 4) is 0 Å². The van der Waals surface area contributed by atoms with Gasteiger partial charge < -0.3 is 10.2 Å². The molecule has 0 spiro atoms. The molecule has 0 radical (unpaired) electrons. The lowest BCUT2D eigenvalue weighted by atomic mass is 10.0. The number of carbonyl (C=O) groups is 1. The Hall–Kier alpha value is -1.06. The lowest BCUT2D eigenvalue weighted by Crippen LogP contribution is -2.51. The van der Waals surface area contributed by atoms with Gasteiger partial charge in [-0.25, -0.2) is 0 Å². The molecule has 1 aromatic carbocycles. The maximum absolute atomic E-state index is 12.0. The van der Waals surface area contributed by atoms with E-state index in [0.29, 0.717) is 0 Å². The van der Waals surface area contributed by atoms with Crippen molar-refractivity contribution in [1.29, 1.82) is 0 Å². The Morgan fingerprint density at radius 2 is 1.76 bits per heavy atom. The van der Waals surface area contributed by atoms with E-state index in [-0.39, 0.29) is 24.2 Å². The van der Waals surface area contributed by atoms with Crippen molar-refractivity contribution in [2.75, 3.05) is 25.0 Å². The topological polar surface area (TPSA) is 32.3 Å². The van der Waals surface area contributed by atoms with Crippen molar-refractivity contribution in [2.45, 2.75) is 13.8 Å². The van der Waals surface area contributed by atoms with Gasteiger partial charge in [0.1, 0.15) is 0 Å². The number of benzene rings is 1. The second-order valence-corrected chi connectivity index (χ2v) is 4.60. The summed E-state index contributed by atoms with van der Waals surface area (Å²) in [6.07, 6.45) is 0. The van der Waals surface area contributed by atoms with Crippen LogP contribution in [0.1, 0.15) is 11.1 Å². The van der Waals surface area contributed by atoms with Crippen LogP contribution in [-0.4, -0.2) is 26.0 Å². The monoisotopic (exact) mass is 254 g/mol. The molecule has 1 fully saturated rings. The van der Waals surface area contributed by atoms with Gasteiger partial charge in [-0.15, -0.1) is 12.4 Å². The van der Waals surface area contributed by atoms with Crippen LogP contribution in [0.4, 0.5) is 5.69 Å². The molecule has 1 aromatic rings. The molecule has 0 atom stereocenters. The molecule has 1 aliphatic heterocycles. The first-order valence-electron chi connectivity index (χ1n) is 5.64. The lowest BCUT2D eigenvalue weighted by Gasteiger charge is -2.30. The summed E-state index contributed by atoms with van der Waals surface area (Å²) in [4.78, 5) is 13.8. The second kappa shape index (κ2) is 5.52. The van der Waals surface area contributed by atoms with Gasteiger partial charge in [0, 0.05) is 25.8 Å². The molecule has 1 aliphatic rings. The van der Waals surface area contributed by atoms with E-state index in [2.05, 4.69) is 37.4 Å². The zero-order chi connectivity index (χ0) is 11.7. The van der Waals surface area contributed by atoms with Gasteiger partial charge in [-0.3, -0.25) is 4.79 Å². The van der Waals surface area contributed by atoms with Crippen molar-refractivity contribution in [2.24, 2.45) is 5.92 Å². The Bertz CT molecular complexity index is 396. The molecule has 1 amide bonds. The van der Waals surface area contributed by atoms with Gasteiger partial charge >= 0.3 is 0 Å². The average Bonchev–Trinajstić information content (AvgIpc) is 2.12. The number of amides is 1. The van der Waals surface area contributed by atoms with E-state index < -0.39 is 0 Å². The van der Waals surface area contributed by atoms with Gasteiger partial charge in [0.2, 0.25) is 5.91 Å². The molecule has 0 bridgehead atoms. The summed E-state index contributed by atoms with van der Waals surface area (Å²) in [6.45, 7) is 5.74. The Morgan fingerprint density at radius 3 is 2.18 bits per heavy atom. The maximum Gasteiger partial charge on any atom is 0.232 e. The predicted molar refractivity (Wildman–Crippen MR) is 72.9 cm³/mol. The molecule has 17 heavy (non-hydrogen) atoms. The molecule has 2 rings (SSSR count). The number of hydrogen-bond donors (Lipinski definition) is 1. The van der Waals surface area contributed by atoms with E-state index in [1.54, 1.807) is 4.90 Å². The summed E-state index contributed by atoms with van der Waals surface area (Å²) in [6, 6.07) is 6.22. The van der Waals surface area contributed by atoms with Gasteiger partial charge in [-0.1, -0.05) is 6.07 Å². The fourth-order valence-electron chi connectivity index (χ4n) is 2.01. The van der Waals surface area contributed by atoms with Gasteiger partial charge in [-0.05, 0) is 37.1 Å². The van der Waals surface area contributed by atoms with E-state index >= 15 is 0 Å². The highest BCUT2D eigenvalue weighted by atomic mass is 35.5. The molecule has 3 nitrogen and oxygen atoms in total. The minimum absolute atomic E-state index is 0. The Morgan fingerprint density at radius 1 is 1.24 bits per heavy atom. The van der Waals surface area contributed by atoms with E-state index in [4.69, 9.17) is 0 Å². The number of halogens is 1. The molecule has 1 heterocycles. The molecule has 1 saturated heterocycles. The Kier molecular flexibility index (Phi) is 4.54. The number of rotatable bonds is 2. The number of carbonyl (C=O) groups excluding carboxylic acids is 1. The highest BCUT2D eigenvalue weighted by molar-refractivity contribution is 5.95. The van der Waals surface area contributed by atoms with Crippen LogP contribution in [0.15, 0.2) is 18.2 Å². The van der Waals surface area contributed by atoms with Crippen molar-refractivity contribution >= 4 is 24.0 Å². The fourth-order valence-corrected chi connectivity index (χ4v) is 2.01. The van der Waals surface area contributed by atoms with Crippen molar-refractivity contribution < 1.29 is 4.79 Å². The van der Waals surface area contributed by atoms with Crippen LogP contribution in [0.2, 0.25) is 0 Å². The predicted octanol–water partition coefficient (Wildman–Crippen LogP) is 1.91. The van der Waals surface area contributed by atoms with Crippen molar-refractivity contribution in [3.05, 3.63) is 29.3 Å². The molecule has 94 valence electrons. The smallest absolute Gasteiger partial charge is 0.232 e. The van der Waals surface area contributed by atoms with E-state index in [9.17, 15) is 4.79 Å². The van der Waals surface area contributed by atoms with Crippen LogP contribution in [0.3, 0.4) is 0 Å². The van der Waals surface area contributed by atoms with Crippen molar-refractivity contribution in [1.82, 2.24) is 5.32 Å². The zero-order valence-electron chi connectivity index (χ0n) is 10.5. The van der Waals surface area contributed by atoms with Gasteiger partial charge in [0.15, 0.2) is 0 Å². The normalized spacial score (nSPS) is 14.8. The standard InChI is InChI=1S/C13H18N2O.ClH/c1-9-4-10(2)6-12(5-9)15(3)13(16)11-7-14-8-11;/h4-6,11,14H,7-8H2,1-3H3;1H.